The molecule has 0 spiro atoms. The summed E-state index contributed by atoms with van der Waals surface area (Å²) in [6, 6.07) is 31.2. The molecule has 0 saturated heterocycles. The molecule has 0 aliphatic carbocycles. The van der Waals surface area contributed by atoms with Crippen LogP contribution >= 0.6 is 0 Å². The molecule has 10 heteroatoms. The molecule has 0 bridgehead atoms. The Labute approximate surface area is 285 Å². The van der Waals surface area contributed by atoms with Gasteiger partial charge >= 0.3 is 5.97 Å². The van der Waals surface area contributed by atoms with Gasteiger partial charge in [-0.2, -0.15) is 0 Å². The van der Waals surface area contributed by atoms with Gasteiger partial charge in [0.25, 0.3) is 0 Å². The first-order chi connectivity index (χ1) is 23.8. The summed E-state index contributed by atoms with van der Waals surface area (Å²) in [5.74, 6) is -0.555. The number of ether oxygens (including phenoxy) is 3. The number of hydrogen-bond donors (Lipinski definition) is 2. The van der Waals surface area contributed by atoms with Crippen molar-refractivity contribution in [2.24, 2.45) is 5.73 Å². The van der Waals surface area contributed by atoms with E-state index >= 15 is 0 Å². The van der Waals surface area contributed by atoms with Crippen molar-refractivity contribution in [1.29, 1.82) is 0 Å². The Morgan fingerprint density at radius 2 is 1.63 bits per heavy atom. The number of hydrogen-bond acceptors (Lipinski definition) is 7. The van der Waals surface area contributed by atoms with E-state index in [1.54, 1.807) is 25.3 Å². The van der Waals surface area contributed by atoms with Gasteiger partial charge in [0.15, 0.2) is 17.4 Å². The number of aromatic nitrogens is 2. The Balaban J connectivity index is 1.46. The second kappa shape index (κ2) is 15.1. The number of rotatable bonds is 15. The molecular formula is C39H40N4O6. The SMILES string of the molecule is CCCCn1c(-c2ccccc2)nc(-c2ccc(OC)cc2)c1CN(Cc1cccc(C(C(N)=O)C(=O)O)c1)Cc1ccc2c(c1)OCO2. The maximum absolute atomic E-state index is 12.1. The van der Waals surface area contributed by atoms with E-state index in [0.29, 0.717) is 36.7 Å². The zero-order valence-electron chi connectivity index (χ0n) is 27.7. The lowest BCUT2D eigenvalue weighted by molar-refractivity contribution is -0.142. The van der Waals surface area contributed by atoms with Crippen molar-refractivity contribution in [1.82, 2.24) is 14.5 Å². The molecule has 1 aromatic heterocycles. The number of carbonyl (C=O) groups is 2. The van der Waals surface area contributed by atoms with Gasteiger partial charge in [0.2, 0.25) is 12.7 Å². The Morgan fingerprint density at radius 1 is 0.898 bits per heavy atom. The highest BCUT2D eigenvalue weighted by Gasteiger charge is 2.27. The predicted octanol–water partition coefficient (Wildman–Crippen LogP) is 6.61. The lowest BCUT2D eigenvalue weighted by Crippen LogP contribution is -2.28. The van der Waals surface area contributed by atoms with E-state index in [9.17, 15) is 14.7 Å². The van der Waals surface area contributed by atoms with Gasteiger partial charge in [-0.1, -0.05) is 74.0 Å². The van der Waals surface area contributed by atoms with Crippen molar-refractivity contribution in [3.05, 3.63) is 119 Å². The predicted molar refractivity (Wildman–Crippen MR) is 186 cm³/mol. The number of nitrogens with zero attached hydrogens (tertiary/aromatic N) is 3. The van der Waals surface area contributed by atoms with Crippen LogP contribution in [0.1, 0.15) is 48.1 Å². The summed E-state index contributed by atoms with van der Waals surface area (Å²) in [6.07, 6.45) is 1.99. The molecule has 1 amide bonds. The zero-order valence-corrected chi connectivity index (χ0v) is 27.7. The molecule has 252 valence electrons. The van der Waals surface area contributed by atoms with E-state index < -0.39 is 17.8 Å². The number of carboxylic acids is 1. The Bertz CT molecular complexity index is 1910. The number of primary amides is 1. The third-order valence-electron chi connectivity index (χ3n) is 8.64. The molecule has 0 saturated carbocycles. The first-order valence-corrected chi connectivity index (χ1v) is 16.4. The van der Waals surface area contributed by atoms with E-state index in [0.717, 1.165) is 64.6 Å². The van der Waals surface area contributed by atoms with Gasteiger partial charge in [0.1, 0.15) is 11.6 Å². The van der Waals surface area contributed by atoms with Crippen LogP contribution in [0.5, 0.6) is 17.2 Å². The molecule has 49 heavy (non-hydrogen) atoms. The smallest absolute Gasteiger partial charge is 0.320 e. The van der Waals surface area contributed by atoms with Crippen LogP contribution in [0.4, 0.5) is 0 Å². The summed E-state index contributed by atoms with van der Waals surface area (Å²) in [4.78, 5) is 31.6. The highest BCUT2D eigenvalue weighted by molar-refractivity contribution is 6.01. The maximum atomic E-state index is 12.1. The van der Waals surface area contributed by atoms with Gasteiger partial charge in [0, 0.05) is 37.3 Å². The zero-order chi connectivity index (χ0) is 34.3. The Kier molecular flexibility index (Phi) is 10.2. The van der Waals surface area contributed by atoms with Crippen LogP contribution in [-0.2, 0) is 35.8 Å². The number of benzene rings is 4. The van der Waals surface area contributed by atoms with Crippen molar-refractivity contribution in [2.75, 3.05) is 13.9 Å². The number of aliphatic carboxylic acids is 1. The minimum atomic E-state index is -1.44. The molecule has 1 aliphatic heterocycles. The molecule has 10 nitrogen and oxygen atoms in total. The van der Waals surface area contributed by atoms with Gasteiger partial charge in [-0.15, -0.1) is 0 Å². The average molecular weight is 661 g/mol. The average Bonchev–Trinajstić information content (AvgIpc) is 3.72. The molecule has 1 unspecified atom stereocenters. The third kappa shape index (κ3) is 7.60. The minimum Gasteiger partial charge on any atom is -0.497 e. The fraction of sp³-hybridized carbons (Fsp3) is 0.256. The normalized spacial score (nSPS) is 12.6. The number of unbranched alkanes of at least 4 members (excludes halogenated alkanes) is 1. The van der Waals surface area contributed by atoms with Gasteiger partial charge in [-0.05, 0) is 59.5 Å². The van der Waals surface area contributed by atoms with E-state index in [1.807, 2.05) is 66.7 Å². The van der Waals surface area contributed by atoms with E-state index in [1.165, 1.54) is 0 Å². The summed E-state index contributed by atoms with van der Waals surface area (Å²) in [7, 11) is 1.65. The number of nitrogens with two attached hydrogens (primary N) is 1. The molecule has 4 aromatic carbocycles. The van der Waals surface area contributed by atoms with Crippen LogP contribution in [0.3, 0.4) is 0 Å². The fourth-order valence-electron chi connectivity index (χ4n) is 6.23. The van der Waals surface area contributed by atoms with Crippen molar-refractivity contribution >= 4 is 11.9 Å². The van der Waals surface area contributed by atoms with Crippen molar-refractivity contribution in [3.8, 4) is 39.9 Å². The van der Waals surface area contributed by atoms with Gasteiger partial charge in [-0.3, -0.25) is 14.5 Å². The summed E-state index contributed by atoms with van der Waals surface area (Å²) in [5.41, 5.74) is 11.6. The summed E-state index contributed by atoms with van der Waals surface area (Å²) >= 11 is 0. The first kappa shape index (κ1) is 33.3. The Hall–Kier alpha value is -5.61. The second-order valence-corrected chi connectivity index (χ2v) is 12.1. The molecule has 1 atom stereocenters. The molecule has 5 aromatic rings. The second-order valence-electron chi connectivity index (χ2n) is 12.1. The quantitative estimate of drug-likeness (QED) is 0.120. The van der Waals surface area contributed by atoms with Gasteiger partial charge in [0.05, 0.1) is 18.5 Å². The highest BCUT2D eigenvalue weighted by Crippen LogP contribution is 2.35. The maximum Gasteiger partial charge on any atom is 0.320 e. The van der Waals surface area contributed by atoms with Crippen molar-refractivity contribution in [2.45, 2.75) is 51.9 Å². The van der Waals surface area contributed by atoms with Gasteiger partial charge in [-0.25, -0.2) is 4.98 Å². The van der Waals surface area contributed by atoms with Crippen molar-refractivity contribution < 1.29 is 28.9 Å². The highest BCUT2D eigenvalue weighted by atomic mass is 16.7. The van der Waals surface area contributed by atoms with Crippen LogP contribution in [-0.4, -0.2) is 45.3 Å². The summed E-state index contributed by atoms with van der Waals surface area (Å²) < 4.78 is 19.0. The largest absolute Gasteiger partial charge is 0.497 e. The first-order valence-electron chi connectivity index (χ1n) is 16.4. The fourth-order valence-corrected chi connectivity index (χ4v) is 6.23. The lowest BCUT2D eigenvalue weighted by atomic mass is 9.96. The Morgan fingerprint density at radius 3 is 2.33 bits per heavy atom. The summed E-state index contributed by atoms with van der Waals surface area (Å²) in [5, 5.41) is 9.75. The molecule has 0 fully saturated rings. The topological polar surface area (TPSA) is 129 Å². The summed E-state index contributed by atoms with van der Waals surface area (Å²) in [6.45, 7) is 4.66. The number of carbonyl (C=O) groups excluding carboxylic acids is 1. The van der Waals surface area contributed by atoms with Crippen LogP contribution < -0.4 is 19.9 Å². The molecular weight excluding hydrogens is 620 g/mol. The van der Waals surface area contributed by atoms with E-state index in [-0.39, 0.29) is 6.79 Å². The number of fused-ring (bicyclic) bond motifs is 1. The van der Waals surface area contributed by atoms with E-state index in [2.05, 4.69) is 28.5 Å². The standard InChI is InChI=1S/C39H40N4O6/c1-3-4-19-43-32(36(28-14-16-31(47-2)17-15-28)41-38(43)29-10-6-5-7-11-29)24-42(23-27-13-18-33-34(21-27)49-25-48-33)22-26-9-8-12-30(20-26)35(37(40)44)39(45)46/h5-18,20-21,35H,3-4,19,22-25H2,1-2H3,(H2,40,44)(H,45,46). The minimum absolute atomic E-state index is 0.185. The molecule has 0 radical (unpaired) electrons. The number of carboxylic acid groups (broad SMARTS) is 1. The molecule has 6 rings (SSSR count). The van der Waals surface area contributed by atoms with Crippen molar-refractivity contribution in [3.63, 3.8) is 0 Å². The third-order valence-corrected chi connectivity index (χ3v) is 8.64. The van der Waals surface area contributed by atoms with Crippen LogP contribution in [0.25, 0.3) is 22.6 Å². The molecule has 2 heterocycles. The number of amides is 1. The molecule has 3 N–H and O–H groups in total. The molecule has 1 aliphatic rings. The van der Waals surface area contributed by atoms with Crippen LogP contribution in [0.2, 0.25) is 0 Å². The number of methoxy groups -OCH3 is 1. The van der Waals surface area contributed by atoms with Gasteiger partial charge < -0.3 is 29.6 Å². The van der Waals surface area contributed by atoms with E-state index in [4.69, 9.17) is 24.9 Å². The number of imidazole rings is 1. The van der Waals surface area contributed by atoms with Crippen LogP contribution in [0, 0.1) is 0 Å². The lowest BCUT2D eigenvalue weighted by Gasteiger charge is -2.25. The monoisotopic (exact) mass is 660 g/mol. The van der Waals surface area contributed by atoms with Crippen LogP contribution in [0.15, 0.2) is 97.1 Å².